The lowest BCUT2D eigenvalue weighted by molar-refractivity contribution is -0.00337. The average molecular weight is 332 g/mol. The van der Waals surface area contributed by atoms with Crippen LogP contribution in [0.25, 0.3) is 0 Å². The van der Waals surface area contributed by atoms with Crippen LogP contribution in [-0.4, -0.2) is 56.8 Å². The molecular weight excluding hydrogens is 314 g/mol. The molecule has 9 nitrogen and oxygen atoms in total. The van der Waals surface area contributed by atoms with Crippen molar-refractivity contribution in [1.82, 2.24) is 9.97 Å². The number of anilines is 3. The van der Waals surface area contributed by atoms with E-state index < -0.39 is 23.3 Å². The molecule has 2 unspecified atom stereocenters. The number of hydrogen-bond donors (Lipinski definition) is 5. The number of aliphatic hydroxyl groups is 2. The van der Waals surface area contributed by atoms with Crippen molar-refractivity contribution in [3.05, 3.63) is 10.4 Å². The predicted molar refractivity (Wildman–Crippen MR) is 80.9 cm³/mol. The van der Waals surface area contributed by atoms with E-state index in [2.05, 4.69) is 15.3 Å². The fraction of sp³-hybridized carbons (Fsp3) is 0.667. The second kappa shape index (κ2) is 5.27. The molecule has 4 atom stereocenters. The molecule has 1 fully saturated rings. The molecule has 0 aliphatic carbocycles. The first-order valence-corrected chi connectivity index (χ1v) is 7.27. The highest BCUT2D eigenvalue weighted by molar-refractivity contribution is 6.25. The van der Waals surface area contributed by atoms with Gasteiger partial charge >= 0.3 is 0 Å². The van der Waals surface area contributed by atoms with Crippen molar-refractivity contribution in [3.63, 3.8) is 0 Å². The molecule has 10 heteroatoms. The van der Waals surface area contributed by atoms with Crippen molar-refractivity contribution in [2.75, 3.05) is 29.2 Å². The second-order valence-corrected chi connectivity index (χ2v) is 6.40. The molecule has 0 aromatic carbocycles. The molecule has 3 heterocycles. The van der Waals surface area contributed by atoms with Crippen molar-refractivity contribution < 1.29 is 14.9 Å². The van der Waals surface area contributed by atoms with Crippen LogP contribution in [0.5, 0.6) is 0 Å². The molecule has 2 aliphatic heterocycles. The number of alkyl halides is 1. The van der Waals surface area contributed by atoms with Crippen LogP contribution in [0.4, 0.5) is 17.5 Å². The van der Waals surface area contributed by atoms with E-state index in [0.717, 1.165) is 0 Å². The molecule has 1 aromatic heterocycles. The smallest absolute Gasteiger partial charge is 0.277 e. The number of halogens is 1. The van der Waals surface area contributed by atoms with Gasteiger partial charge in [-0.05, 0) is 13.3 Å². The Bertz CT molecular complexity index is 636. The van der Waals surface area contributed by atoms with Crippen molar-refractivity contribution >= 4 is 29.1 Å². The summed E-state index contributed by atoms with van der Waals surface area (Å²) in [6.07, 6.45) is -2.02. The van der Waals surface area contributed by atoms with E-state index in [4.69, 9.17) is 27.2 Å². The van der Waals surface area contributed by atoms with Gasteiger partial charge in [0, 0.05) is 6.61 Å². The number of nitrogens with two attached hydrogens (primary N) is 1. The van der Waals surface area contributed by atoms with Crippen molar-refractivity contribution in [2.45, 2.75) is 36.7 Å². The highest BCUT2D eigenvalue weighted by atomic mass is 35.5. The van der Waals surface area contributed by atoms with Gasteiger partial charge in [-0.3, -0.25) is 9.78 Å². The maximum atomic E-state index is 11.9. The van der Waals surface area contributed by atoms with Gasteiger partial charge < -0.3 is 30.9 Å². The highest BCUT2D eigenvalue weighted by Gasteiger charge is 2.55. The number of aliphatic hydroxyl groups excluding tert-OH is 2. The Labute approximate surface area is 131 Å². The lowest BCUT2D eigenvalue weighted by Crippen LogP contribution is -2.49. The van der Waals surface area contributed by atoms with E-state index in [1.54, 1.807) is 11.8 Å². The first-order valence-electron chi connectivity index (χ1n) is 6.90. The molecule has 0 saturated carbocycles. The van der Waals surface area contributed by atoms with Gasteiger partial charge in [-0.15, -0.1) is 11.6 Å². The molecule has 0 bridgehead atoms. The van der Waals surface area contributed by atoms with Crippen LogP contribution in [-0.2, 0) is 4.74 Å². The normalized spacial score (nSPS) is 33.8. The minimum Gasteiger partial charge on any atom is -0.396 e. The Morgan fingerprint density at radius 2 is 2.36 bits per heavy atom. The summed E-state index contributed by atoms with van der Waals surface area (Å²) >= 11 is 6.47. The Balaban J connectivity index is 1.96. The van der Waals surface area contributed by atoms with E-state index in [0.29, 0.717) is 5.82 Å². The largest absolute Gasteiger partial charge is 0.396 e. The van der Waals surface area contributed by atoms with Gasteiger partial charge in [0.2, 0.25) is 5.95 Å². The zero-order chi connectivity index (χ0) is 16.1. The van der Waals surface area contributed by atoms with Gasteiger partial charge in [0.25, 0.3) is 5.56 Å². The van der Waals surface area contributed by atoms with Crippen molar-refractivity contribution in [3.8, 4) is 0 Å². The zero-order valence-electron chi connectivity index (χ0n) is 11.9. The van der Waals surface area contributed by atoms with Crippen LogP contribution in [0.3, 0.4) is 0 Å². The van der Waals surface area contributed by atoms with Gasteiger partial charge in [-0.25, -0.2) is 0 Å². The Morgan fingerprint density at radius 1 is 1.64 bits per heavy atom. The van der Waals surface area contributed by atoms with E-state index in [1.807, 2.05) is 0 Å². The van der Waals surface area contributed by atoms with Gasteiger partial charge in [0.1, 0.15) is 16.7 Å². The average Bonchev–Trinajstić information content (AvgIpc) is 2.94. The minimum atomic E-state index is -1.12. The third-order valence-corrected chi connectivity index (χ3v) is 4.44. The monoisotopic (exact) mass is 331 g/mol. The molecule has 0 spiro atoms. The Kier molecular flexibility index (Phi) is 3.68. The summed E-state index contributed by atoms with van der Waals surface area (Å²) in [6.45, 7) is 1.78. The maximum absolute atomic E-state index is 11.9. The van der Waals surface area contributed by atoms with Gasteiger partial charge in [-0.1, -0.05) is 0 Å². The summed E-state index contributed by atoms with van der Waals surface area (Å²) in [7, 11) is 0. The van der Waals surface area contributed by atoms with Crippen LogP contribution < -0.4 is 21.5 Å². The van der Waals surface area contributed by atoms with E-state index in [-0.39, 0.29) is 36.9 Å². The Morgan fingerprint density at radius 3 is 3.05 bits per heavy atom. The number of ether oxygens (including phenoxy) is 1. The first-order chi connectivity index (χ1) is 10.4. The molecule has 22 heavy (non-hydrogen) atoms. The maximum Gasteiger partial charge on any atom is 0.277 e. The van der Waals surface area contributed by atoms with Gasteiger partial charge in [0.15, 0.2) is 12.0 Å². The summed E-state index contributed by atoms with van der Waals surface area (Å²) in [5, 5.41) is 22.3. The number of rotatable bonds is 3. The molecule has 0 amide bonds. The minimum absolute atomic E-state index is 0.0146. The molecule has 6 N–H and O–H groups in total. The molecule has 3 rings (SSSR count). The third kappa shape index (κ3) is 2.21. The number of aromatic nitrogens is 2. The van der Waals surface area contributed by atoms with E-state index in [9.17, 15) is 9.90 Å². The fourth-order valence-electron chi connectivity index (χ4n) is 2.89. The number of aromatic amines is 1. The van der Waals surface area contributed by atoms with Crippen LogP contribution in [0.2, 0.25) is 0 Å². The number of H-pyrrole nitrogens is 1. The van der Waals surface area contributed by atoms with E-state index in [1.165, 1.54) is 0 Å². The lowest BCUT2D eigenvalue weighted by atomic mass is 9.99. The summed E-state index contributed by atoms with van der Waals surface area (Å²) < 4.78 is 5.80. The summed E-state index contributed by atoms with van der Waals surface area (Å²) in [6, 6.07) is 0. The van der Waals surface area contributed by atoms with Crippen LogP contribution >= 0.6 is 11.6 Å². The Hall–Kier alpha value is -1.55. The number of fused-ring (bicyclic) bond motifs is 1. The summed E-state index contributed by atoms with van der Waals surface area (Å²) in [5.74, 6) is 0.314. The van der Waals surface area contributed by atoms with Crippen LogP contribution in [0, 0.1) is 0 Å². The standard InChI is InChI=1S/C12H18ClN5O4/c1-12(13)7(20)5(2-3-19)22-10(12)18-4-15-6-8(18)16-11(14)17-9(6)21/h5,7,10,15,19-20H,2-4H2,1H3,(H3,14,16,17,21)/t5?,7-,10?,12-/m1/s1. The SMILES string of the molecule is C[C@]1(Cl)C(N2CNc3c2nc(N)[nH]c3=O)OC(CCO)[C@H]1O. The van der Waals surface area contributed by atoms with E-state index >= 15 is 0 Å². The van der Waals surface area contributed by atoms with Gasteiger partial charge in [0.05, 0.1) is 12.8 Å². The van der Waals surface area contributed by atoms with Crippen molar-refractivity contribution in [1.29, 1.82) is 0 Å². The topological polar surface area (TPSA) is 137 Å². The van der Waals surface area contributed by atoms with Gasteiger partial charge in [-0.2, -0.15) is 4.98 Å². The lowest BCUT2D eigenvalue weighted by Gasteiger charge is -2.32. The third-order valence-electron chi connectivity index (χ3n) is 4.03. The molecular formula is C12H18ClN5O4. The fourth-order valence-corrected chi connectivity index (χ4v) is 3.20. The first kappa shape index (κ1) is 15.3. The number of nitrogen functional groups attached to an aromatic ring is 1. The predicted octanol–water partition coefficient (Wildman–Crippen LogP) is -0.993. The second-order valence-electron chi connectivity index (χ2n) is 5.59. The number of nitrogens with one attached hydrogen (secondary N) is 2. The molecule has 122 valence electrons. The summed E-state index contributed by atoms with van der Waals surface area (Å²) in [5.41, 5.74) is 5.49. The molecule has 1 aromatic rings. The number of nitrogens with zero attached hydrogens (tertiary/aromatic N) is 2. The van der Waals surface area contributed by atoms with Crippen LogP contribution in [0.1, 0.15) is 13.3 Å². The number of hydrogen-bond acceptors (Lipinski definition) is 8. The molecule has 1 saturated heterocycles. The molecule has 0 radical (unpaired) electrons. The zero-order valence-corrected chi connectivity index (χ0v) is 12.7. The van der Waals surface area contributed by atoms with Crippen molar-refractivity contribution in [2.24, 2.45) is 0 Å². The quantitative estimate of drug-likeness (QED) is 0.445. The molecule has 2 aliphatic rings. The highest BCUT2D eigenvalue weighted by Crippen LogP contribution is 2.42. The van der Waals surface area contributed by atoms with Crippen LogP contribution in [0.15, 0.2) is 4.79 Å². The summed E-state index contributed by atoms with van der Waals surface area (Å²) in [4.78, 5) is 18.9.